The zero-order valence-electron chi connectivity index (χ0n) is 14.4. The fourth-order valence-corrected chi connectivity index (χ4v) is 2.62. The van der Waals surface area contributed by atoms with E-state index in [1.54, 1.807) is 0 Å². The Hall–Kier alpha value is -1.50. The highest BCUT2D eigenvalue weighted by molar-refractivity contribution is 5.89. The summed E-state index contributed by atoms with van der Waals surface area (Å²) in [5, 5.41) is 0. The molecule has 3 rings (SSSR count). The monoisotopic (exact) mass is 418 g/mol. The van der Waals surface area contributed by atoms with Crippen LogP contribution in [0.5, 0.6) is 5.75 Å². The second-order valence-electron chi connectivity index (χ2n) is 5.86. The van der Waals surface area contributed by atoms with E-state index in [2.05, 4.69) is 17.1 Å². The third kappa shape index (κ3) is 5.50. The Labute approximate surface area is 172 Å². The molecule has 0 bridgehead atoms. The number of benzene rings is 2. The molecular formula is C18H25Cl3N4O. The zero-order valence-corrected chi connectivity index (χ0v) is 16.9. The van der Waals surface area contributed by atoms with Crippen molar-refractivity contribution in [1.82, 2.24) is 0 Å². The Morgan fingerprint density at radius 1 is 1.04 bits per heavy atom. The summed E-state index contributed by atoms with van der Waals surface area (Å²) in [4.78, 5) is 4.40. The van der Waals surface area contributed by atoms with Crippen LogP contribution in [-0.4, -0.2) is 11.9 Å². The molecule has 8 heteroatoms. The van der Waals surface area contributed by atoms with Gasteiger partial charge in [-0.15, -0.1) is 37.2 Å². The van der Waals surface area contributed by atoms with E-state index in [9.17, 15) is 0 Å². The van der Waals surface area contributed by atoms with Crippen molar-refractivity contribution in [2.75, 3.05) is 0 Å². The minimum absolute atomic E-state index is 0. The van der Waals surface area contributed by atoms with E-state index < -0.39 is 0 Å². The van der Waals surface area contributed by atoms with Gasteiger partial charge in [0, 0.05) is 12.6 Å². The van der Waals surface area contributed by atoms with Gasteiger partial charge in [-0.3, -0.25) is 0 Å². The summed E-state index contributed by atoms with van der Waals surface area (Å²) in [6.45, 7) is 2.43. The maximum Gasteiger partial charge on any atom is 0.153 e. The van der Waals surface area contributed by atoms with Crippen LogP contribution < -0.4 is 21.9 Å². The van der Waals surface area contributed by atoms with Crippen LogP contribution in [0.15, 0.2) is 47.5 Å². The Kier molecular flexibility index (Phi) is 9.99. The molecule has 0 amide bonds. The predicted octanol–water partition coefficient (Wildman–Crippen LogP) is 3.42. The smallest absolute Gasteiger partial charge is 0.153 e. The van der Waals surface area contributed by atoms with E-state index in [0.29, 0.717) is 12.4 Å². The van der Waals surface area contributed by atoms with Crippen molar-refractivity contribution in [3.63, 3.8) is 0 Å². The summed E-state index contributed by atoms with van der Waals surface area (Å²) in [5.74, 6) is 1.23. The number of fused-ring (bicyclic) bond motifs is 1. The third-order valence-electron chi connectivity index (χ3n) is 4.10. The van der Waals surface area contributed by atoms with Crippen molar-refractivity contribution < 1.29 is 4.74 Å². The lowest BCUT2D eigenvalue weighted by atomic mass is 9.98. The lowest BCUT2D eigenvalue weighted by Gasteiger charge is -2.22. The normalized spacial score (nSPS) is 15.8. The number of nitrogens with two attached hydrogens (primary N) is 3. The van der Waals surface area contributed by atoms with Crippen molar-refractivity contribution in [3.8, 4) is 5.75 Å². The first-order valence-corrected chi connectivity index (χ1v) is 7.75. The molecule has 0 saturated carbocycles. The summed E-state index contributed by atoms with van der Waals surface area (Å²) in [6, 6.07) is 14.0. The van der Waals surface area contributed by atoms with Gasteiger partial charge >= 0.3 is 0 Å². The van der Waals surface area contributed by atoms with Gasteiger partial charge in [0.25, 0.3) is 0 Å². The topological polar surface area (TPSA) is 99.6 Å². The van der Waals surface area contributed by atoms with E-state index in [1.807, 2.05) is 37.3 Å². The molecule has 2 aromatic carbocycles. The van der Waals surface area contributed by atoms with Crippen LogP contribution in [0.25, 0.3) is 0 Å². The van der Waals surface area contributed by atoms with E-state index in [4.69, 9.17) is 21.9 Å². The van der Waals surface area contributed by atoms with Crippen molar-refractivity contribution >= 4 is 48.7 Å². The Morgan fingerprint density at radius 3 is 2.27 bits per heavy atom. The lowest BCUT2D eigenvalue weighted by Crippen LogP contribution is -2.33. The van der Waals surface area contributed by atoms with E-state index in [0.717, 1.165) is 29.0 Å². The molecule has 0 aliphatic carbocycles. The molecule has 0 aromatic heterocycles. The molecule has 5 nitrogen and oxygen atoms in total. The molecule has 144 valence electrons. The van der Waals surface area contributed by atoms with Gasteiger partial charge in [-0.05, 0) is 42.2 Å². The highest BCUT2D eigenvalue weighted by Gasteiger charge is 2.19. The molecule has 6 N–H and O–H groups in total. The number of halogens is 3. The molecule has 2 atom stereocenters. The van der Waals surface area contributed by atoms with E-state index in [1.165, 1.54) is 5.56 Å². The van der Waals surface area contributed by atoms with Crippen LogP contribution in [0, 0.1) is 0 Å². The number of hydrogen-bond acceptors (Lipinski definition) is 5. The molecule has 0 fully saturated rings. The van der Waals surface area contributed by atoms with Gasteiger partial charge in [0.05, 0.1) is 0 Å². The number of aliphatic imine (C=N–C) groups is 1. The van der Waals surface area contributed by atoms with Crippen molar-refractivity contribution in [1.29, 1.82) is 0 Å². The highest BCUT2D eigenvalue weighted by atomic mass is 35.5. The van der Waals surface area contributed by atoms with E-state index in [-0.39, 0.29) is 49.4 Å². The molecule has 2 aromatic rings. The van der Waals surface area contributed by atoms with Crippen LogP contribution in [0.2, 0.25) is 0 Å². The number of ether oxygens (including phenoxy) is 1. The van der Waals surface area contributed by atoms with Crippen LogP contribution >= 0.6 is 37.2 Å². The van der Waals surface area contributed by atoms with Crippen molar-refractivity contribution in [3.05, 3.63) is 59.2 Å². The standard InChI is InChI=1S/C18H22N4O.3ClH/c1-11-18(21)22-16-9-14(6-7-17(16)23-11)15(20)8-12-2-4-13(10-19)5-3-12;;;/h2-7,9,11,15H,8,10,19-20H2,1H3,(H2,21,22);3*1H. The minimum Gasteiger partial charge on any atom is -0.481 e. The first-order chi connectivity index (χ1) is 11.1. The van der Waals surface area contributed by atoms with Gasteiger partial charge in [0.1, 0.15) is 17.3 Å². The number of amidine groups is 1. The second-order valence-corrected chi connectivity index (χ2v) is 5.86. The lowest BCUT2D eigenvalue weighted by molar-refractivity contribution is 0.281. The number of nitrogens with zero attached hydrogens (tertiary/aromatic N) is 1. The van der Waals surface area contributed by atoms with E-state index >= 15 is 0 Å². The Morgan fingerprint density at radius 2 is 1.65 bits per heavy atom. The van der Waals surface area contributed by atoms with Gasteiger partial charge < -0.3 is 21.9 Å². The number of hydrogen-bond donors (Lipinski definition) is 3. The molecule has 26 heavy (non-hydrogen) atoms. The molecule has 0 radical (unpaired) electrons. The molecule has 1 heterocycles. The SMILES string of the molecule is CC1Oc2ccc(C(N)Cc3ccc(CN)cc3)cc2N=C1N.Cl.Cl.Cl. The summed E-state index contributed by atoms with van der Waals surface area (Å²) in [5.41, 5.74) is 21.9. The predicted molar refractivity (Wildman–Crippen MR) is 115 cm³/mol. The maximum atomic E-state index is 6.35. The summed E-state index contributed by atoms with van der Waals surface area (Å²) >= 11 is 0. The average Bonchev–Trinajstić information content (AvgIpc) is 2.56. The summed E-state index contributed by atoms with van der Waals surface area (Å²) in [7, 11) is 0. The first kappa shape index (κ1) is 24.5. The van der Waals surface area contributed by atoms with Crippen molar-refractivity contribution in [2.45, 2.75) is 32.0 Å². The Bertz CT molecular complexity index is 738. The molecule has 0 spiro atoms. The molecule has 1 aliphatic rings. The van der Waals surface area contributed by atoms with Gasteiger partial charge in [0.2, 0.25) is 0 Å². The van der Waals surface area contributed by atoms with Crippen molar-refractivity contribution in [2.24, 2.45) is 22.2 Å². The van der Waals surface area contributed by atoms with Crippen LogP contribution in [0.3, 0.4) is 0 Å². The van der Waals surface area contributed by atoms with Gasteiger partial charge in [-0.25, -0.2) is 4.99 Å². The van der Waals surface area contributed by atoms with Gasteiger partial charge in [0.15, 0.2) is 6.10 Å². The third-order valence-corrected chi connectivity index (χ3v) is 4.10. The average molecular weight is 420 g/mol. The fraction of sp³-hybridized carbons (Fsp3) is 0.278. The Balaban J connectivity index is 0.00000208. The van der Waals surface area contributed by atoms with Crippen LogP contribution in [0.1, 0.15) is 29.7 Å². The summed E-state index contributed by atoms with van der Waals surface area (Å²) in [6.07, 6.45) is 0.559. The quantitative estimate of drug-likeness (QED) is 0.707. The second kappa shape index (κ2) is 10.6. The van der Waals surface area contributed by atoms with Crippen LogP contribution in [0.4, 0.5) is 5.69 Å². The summed E-state index contributed by atoms with van der Waals surface area (Å²) < 4.78 is 5.71. The largest absolute Gasteiger partial charge is 0.481 e. The van der Waals surface area contributed by atoms with Gasteiger partial charge in [-0.2, -0.15) is 0 Å². The fourth-order valence-electron chi connectivity index (χ4n) is 2.62. The first-order valence-electron chi connectivity index (χ1n) is 7.75. The highest BCUT2D eigenvalue weighted by Crippen LogP contribution is 2.34. The zero-order chi connectivity index (χ0) is 16.4. The van der Waals surface area contributed by atoms with Crippen LogP contribution in [-0.2, 0) is 13.0 Å². The minimum atomic E-state index is -0.192. The molecular weight excluding hydrogens is 395 g/mol. The molecule has 2 unspecified atom stereocenters. The number of rotatable bonds is 4. The van der Waals surface area contributed by atoms with Gasteiger partial charge in [-0.1, -0.05) is 30.3 Å². The molecule has 1 aliphatic heterocycles. The maximum absolute atomic E-state index is 6.35. The molecule has 0 saturated heterocycles.